The Kier molecular flexibility index (Phi) is 7.55. The maximum atomic E-state index is 12.3. The van der Waals surface area contributed by atoms with Crippen molar-refractivity contribution in [3.8, 4) is 0 Å². The fraction of sp³-hybridized carbons (Fsp3) is 0.500. The standard InChI is InChI=1S/C22H29N3O3S2/c1-22(2,3)16-6-4-15(5-7-16)12-23-13-17-8-9-19(26)25(17)10-11-29-21-24-18(14-30-21)20(27)28/h4-7,14,17,23H,8-13H2,1-3H3,(H,27,28). The molecule has 1 aromatic heterocycles. The van der Waals surface area contributed by atoms with Crippen LogP contribution < -0.4 is 5.32 Å². The summed E-state index contributed by atoms with van der Waals surface area (Å²) in [5.41, 5.74) is 2.81. The Bertz CT molecular complexity index is 874. The topological polar surface area (TPSA) is 82.5 Å². The lowest BCUT2D eigenvalue weighted by molar-refractivity contribution is -0.128. The number of likely N-dealkylation sites (tertiary alicyclic amines) is 1. The van der Waals surface area contributed by atoms with Crippen molar-refractivity contribution in [2.75, 3.05) is 18.8 Å². The molecule has 2 N–H and O–H groups in total. The molecule has 3 rings (SSSR count). The van der Waals surface area contributed by atoms with Gasteiger partial charge in [0.05, 0.1) is 0 Å². The number of rotatable bonds is 9. The highest BCUT2D eigenvalue weighted by Gasteiger charge is 2.30. The number of carbonyl (C=O) groups is 2. The second-order valence-electron chi connectivity index (χ2n) is 8.51. The van der Waals surface area contributed by atoms with Crippen molar-refractivity contribution in [3.63, 3.8) is 0 Å². The predicted octanol–water partition coefficient (Wildman–Crippen LogP) is 4.01. The van der Waals surface area contributed by atoms with Gasteiger partial charge in [0.15, 0.2) is 10.0 Å². The number of benzene rings is 1. The summed E-state index contributed by atoms with van der Waals surface area (Å²) in [7, 11) is 0. The molecule has 1 atom stereocenters. The number of amides is 1. The van der Waals surface area contributed by atoms with Gasteiger partial charge in [0, 0.05) is 43.2 Å². The number of aromatic carboxylic acids is 1. The Hall–Kier alpha value is -1.90. The van der Waals surface area contributed by atoms with E-state index in [1.165, 1.54) is 34.2 Å². The van der Waals surface area contributed by atoms with Gasteiger partial charge in [0.2, 0.25) is 5.91 Å². The van der Waals surface area contributed by atoms with Gasteiger partial charge in [0.1, 0.15) is 0 Å². The Morgan fingerprint density at radius 1 is 1.33 bits per heavy atom. The van der Waals surface area contributed by atoms with E-state index in [9.17, 15) is 9.59 Å². The van der Waals surface area contributed by atoms with E-state index in [1.807, 2.05) is 4.90 Å². The molecule has 1 aliphatic rings. The molecule has 162 valence electrons. The summed E-state index contributed by atoms with van der Waals surface area (Å²) < 4.78 is 0.729. The number of thiazole rings is 1. The van der Waals surface area contributed by atoms with Crippen LogP contribution in [0.15, 0.2) is 34.0 Å². The zero-order valence-corrected chi connectivity index (χ0v) is 19.3. The highest BCUT2D eigenvalue weighted by molar-refractivity contribution is 8.01. The average Bonchev–Trinajstić information content (AvgIpc) is 3.30. The molecule has 0 bridgehead atoms. The summed E-state index contributed by atoms with van der Waals surface area (Å²) >= 11 is 2.83. The second kappa shape index (κ2) is 9.94. The lowest BCUT2D eigenvalue weighted by atomic mass is 9.87. The fourth-order valence-corrected chi connectivity index (χ4v) is 5.28. The van der Waals surface area contributed by atoms with E-state index in [-0.39, 0.29) is 23.1 Å². The number of nitrogens with zero attached hydrogens (tertiary/aromatic N) is 2. The Labute approximate surface area is 186 Å². The molecule has 0 aliphatic carbocycles. The Balaban J connectivity index is 1.44. The van der Waals surface area contributed by atoms with E-state index < -0.39 is 5.97 Å². The van der Waals surface area contributed by atoms with E-state index in [4.69, 9.17) is 5.11 Å². The molecule has 1 unspecified atom stereocenters. The number of thioether (sulfide) groups is 1. The van der Waals surface area contributed by atoms with Crippen LogP contribution in [0.5, 0.6) is 0 Å². The summed E-state index contributed by atoms with van der Waals surface area (Å²) in [6.45, 7) is 8.85. The third-order valence-electron chi connectivity index (χ3n) is 5.24. The molecule has 0 saturated carbocycles. The lowest BCUT2D eigenvalue weighted by Gasteiger charge is -2.25. The SMILES string of the molecule is CC(C)(C)c1ccc(CNCC2CCC(=O)N2CCSc2nc(C(=O)O)cs2)cc1. The minimum Gasteiger partial charge on any atom is -0.476 e. The predicted molar refractivity (Wildman–Crippen MR) is 121 cm³/mol. The normalized spacial score (nSPS) is 17.0. The molecule has 1 amide bonds. The monoisotopic (exact) mass is 447 g/mol. The Morgan fingerprint density at radius 2 is 2.07 bits per heavy atom. The van der Waals surface area contributed by atoms with Gasteiger partial charge in [-0.05, 0) is 23.0 Å². The number of carboxylic acid groups (broad SMARTS) is 1. The minimum atomic E-state index is -1.01. The summed E-state index contributed by atoms with van der Waals surface area (Å²) in [4.78, 5) is 29.2. The molecule has 0 spiro atoms. The first-order chi connectivity index (χ1) is 14.2. The van der Waals surface area contributed by atoms with Gasteiger partial charge in [-0.1, -0.05) is 56.8 Å². The molecule has 6 nitrogen and oxygen atoms in total. The van der Waals surface area contributed by atoms with Crippen molar-refractivity contribution in [2.45, 2.75) is 56.0 Å². The van der Waals surface area contributed by atoms with Crippen molar-refractivity contribution in [2.24, 2.45) is 0 Å². The zero-order chi connectivity index (χ0) is 21.7. The van der Waals surface area contributed by atoms with Crippen molar-refractivity contribution in [1.82, 2.24) is 15.2 Å². The van der Waals surface area contributed by atoms with Gasteiger partial charge < -0.3 is 15.3 Å². The maximum Gasteiger partial charge on any atom is 0.355 e. The van der Waals surface area contributed by atoms with E-state index in [0.29, 0.717) is 18.7 Å². The number of aromatic nitrogens is 1. The van der Waals surface area contributed by atoms with Crippen LogP contribution in [0.4, 0.5) is 0 Å². The van der Waals surface area contributed by atoms with Crippen molar-refractivity contribution in [1.29, 1.82) is 0 Å². The molecule has 1 fully saturated rings. The molecule has 0 radical (unpaired) electrons. The van der Waals surface area contributed by atoms with Gasteiger partial charge >= 0.3 is 5.97 Å². The van der Waals surface area contributed by atoms with Crippen LogP contribution in [0.1, 0.15) is 55.2 Å². The maximum absolute atomic E-state index is 12.3. The van der Waals surface area contributed by atoms with Crippen molar-refractivity contribution in [3.05, 3.63) is 46.5 Å². The molecule has 1 saturated heterocycles. The van der Waals surface area contributed by atoms with Crippen LogP contribution >= 0.6 is 23.1 Å². The largest absolute Gasteiger partial charge is 0.476 e. The third-order valence-corrected chi connectivity index (χ3v) is 7.24. The molecule has 30 heavy (non-hydrogen) atoms. The average molecular weight is 448 g/mol. The van der Waals surface area contributed by atoms with Gasteiger partial charge in [-0.2, -0.15) is 0 Å². The fourth-order valence-electron chi connectivity index (χ4n) is 3.47. The van der Waals surface area contributed by atoms with Crippen LogP contribution in [0.25, 0.3) is 0 Å². The van der Waals surface area contributed by atoms with Crippen molar-refractivity contribution < 1.29 is 14.7 Å². The van der Waals surface area contributed by atoms with Crippen LogP contribution in [-0.2, 0) is 16.8 Å². The number of carbonyl (C=O) groups excluding carboxylic acids is 1. The van der Waals surface area contributed by atoms with Crippen LogP contribution in [0.3, 0.4) is 0 Å². The third kappa shape index (κ3) is 6.06. The van der Waals surface area contributed by atoms with Crippen LogP contribution in [0.2, 0.25) is 0 Å². The van der Waals surface area contributed by atoms with Crippen LogP contribution in [-0.4, -0.2) is 51.8 Å². The van der Waals surface area contributed by atoms with E-state index in [1.54, 1.807) is 5.38 Å². The number of hydrogen-bond donors (Lipinski definition) is 2. The second-order valence-corrected chi connectivity index (χ2v) is 10.7. The molecular formula is C22H29N3O3S2. The first kappa shape index (κ1) is 22.8. The van der Waals surface area contributed by atoms with Gasteiger partial charge in [0.25, 0.3) is 0 Å². The van der Waals surface area contributed by atoms with Gasteiger partial charge in [-0.15, -0.1) is 11.3 Å². The summed E-state index contributed by atoms with van der Waals surface area (Å²) in [6.07, 6.45) is 1.47. The Morgan fingerprint density at radius 3 is 2.70 bits per heavy atom. The highest BCUT2D eigenvalue weighted by Crippen LogP contribution is 2.25. The van der Waals surface area contributed by atoms with Gasteiger partial charge in [-0.25, -0.2) is 9.78 Å². The summed E-state index contributed by atoms with van der Waals surface area (Å²) in [6, 6.07) is 8.92. The zero-order valence-electron chi connectivity index (χ0n) is 17.7. The first-order valence-electron chi connectivity index (χ1n) is 10.2. The number of carboxylic acids is 1. The first-order valence-corrected chi connectivity index (χ1v) is 12.0. The highest BCUT2D eigenvalue weighted by atomic mass is 32.2. The van der Waals surface area contributed by atoms with E-state index in [0.717, 1.165) is 23.8 Å². The number of nitrogens with one attached hydrogen (secondary N) is 1. The van der Waals surface area contributed by atoms with E-state index >= 15 is 0 Å². The molecule has 2 heterocycles. The van der Waals surface area contributed by atoms with Crippen molar-refractivity contribution >= 4 is 35.0 Å². The molecular weight excluding hydrogens is 418 g/mol. The lowest BCUT2D eigenvalue weighted by Crippen LogP contribution is -2.41. The minimum absolute atomic E-state index is 0.0809. The summed E-state index contributed by atoms with van der Waals surface area (Å²) in [5.74, 6) is -0.0994. The van der Waals surface area contributed by atoms with E-state index in [2.05, 4.69) is 55.3 Å². The molecule has 1 aromatic carbocycles. The van der Waals surface area contributed by atoms with Gasteiger partial charge in [-0.3, -0.25) is 4.79 Å². The quantitative estimate of drug-likeness (QED) is 0.565. The molecule has 8 heteroatoms. The summed E-state index contributed by atoms with van der Waals surface area (Å²) in [5, 5.41) is 14.0. The molecule has 2 aromatic rings. The van der Waals surface area contributed by atoms with Crippen LogP contribution in [0, 0.1) is 0 Å². The molecule has 1 aliphatic heterocycles. The number of hydrogen-bond acceptors (Lipinski definition) is 6. The smallest absolute Gasteiger partial charge is 0.355 e.